The first-order valence-electron chi connectivity index (χ1n) is 13.3. The number of aliphatic hydroxyl groups is 2. The van der Waals surface area contributed by atoms with Crippen molar-refractivity contribution < 1.29 is 10.2 Å². The van der Waals surface area contributed by atoms with E-state index in [-0.39, 0.29) is 12.0 Å². The van der Waals surface area contributed by atoms with Crippen molar-refractivity contribution in [2.24, 2.45) is 46.3 Å². The van der Waals surface area contributed by atoms with Gasteiger partial charge in [-0.15, -0.1) is 0 Å². The third-order valence-corrected chi connectivity index (χ3v) is 11.0. The van der Waals surface area contributed by atoms with E-state index >= 15 is 0 Å². The van der Waals surface area contributed by atoms with Crippen molar-refractivity contribution in [1.29, 1.82) is 0 Å². The van der Waals surface area contributed by atoms with E-state index in [4.69, 9.17) is 0 Å². The quantitative estimate of drug-likeness (QED) is 0.467. The van der Waals surface area contributed by atoms with E-state index in [2.05, 4.69) is 59.8 Å². The fourth-order valence-electron chi connectivity index (χ4n) is 8.72. The van der Waals surface area contributed by atoms with Crippen LogP contribution in [0.5, 0.6) is 0 Å². The van der Waals surface area contributed by atoms with Gasteiger partial charge in [-0.25, -0.2) is 0 Å². The monoisotopic (exact) mass is 428 g/mol. The Hall–Kier alpha value is -0.600. The highest BCUT2D eigenvalue weighted by atomic mass is 16.3. The summed E-state index contributed by atoms with van der Waals surface area (Å²) >= 11 is 0. The maximum Gasteiger partial charge on any atom is 0.0847 e. The van der Waals surface area contributed by atoms with E-state index in [0.717, 1.165) is 42.9 Å². The van der Waals surface area contributed by atoms with Crippen molar-refractivity contribution in [3.8, 4) is 0 Å². The van der Waals surface area contributed by atoms with Crippen LogP contribution >= 0.6 is 0 Å². The standard InChI is InChI=1S/C29H48O2/c1-7-29(31,19(2)3)17-12-20(4)24-10-11-25-23-9-8-21-18-22(30)13-15-27(21,5)26(23)14-16-28(24,25)6/h8,12,17,19-20,22-26,30-31H,7,9-11,13-16,18H2,1-6H3/b17-12+/t20-,22+,23+,24-,25+,26+,27+,28-,29?/m1/s1. The normalized spacial score (nSPS) is 45.6. The molecule has 0 saturated heterocycles. The largest absolute Gasteiger partial charge is 0.393 e. The summed E-state index contributed by atoms with van der Waals surface area (Å²) in [6.45, 7) is 13.9. The van der Waals surface area contributed by atoms with Crippen molar-refractivity contribution >= 4 is 0 Å². The van der Waals surface area contributed by atoms with Gasteiger partial charge >= 0.3 is 0 Å². The molecule has 0 aromatic rings. The highest BCUT2D eigenvalue weighted by Gasteiger charge is 2.59. The molecule has 4 rings (SSSR count). The number of aliphatic hydroxyl groups excluding tert-OH is 1. The van der Waals surface area contributed by atoms with E-state index in [9.17, 15) is 10.2 Å². The molecule has 4 aliphatic carbocycles. The van der Waals surface area contributed by atoms with E-state index in [1.807, 2.05) is 0 Å². The van der Waals surface area contributed by atoms with Crippen molar-refractivity contribution in [1.82, 2.24) is 0 Å². The van der Waals surface area contributed by atoms with E-state index in [1.54, 1.807) is 5.57 Å². The van der Waals surface area contributed by atoms with Crippen LogP contribution in [0.4, 0.5) is 0 Å². The number of hydrogen-bond donors (Lipinski definition) is 2. The summed E-state index contributed by atoms with van der Waals surface area (Å²) in [5.74, 6) is 3.98. The Morgan fingerprint density at radius 3 is 2.52 bits per heavy atom. The SMILES string of the molecule is CCC(O)(/C=C/[C@@H](C)[C@H]1CC[C@H]2[C@@H]3CC=C4C[C@@H](O)CC[C@]4(C)[C@H]3CC[C@]12C)C(C)C. The molecular weight excluding hydrogens is 380 g/mol. The summed E-state index contributed by atoms with van der Waals surface area (Å²) in [5.41, 5.74) is 1.68. The molecule has 0 aromatic heterocycles. The summed E-state index contributed by atoms with van der Waals surface area (Å²) < 4.78 is 0. The molecule has 0 spiro atoms. The van der Waals surface area contributed by atoms with Crippen LogP contribution in [0.3, 0.4) is 0 Å². The molecule has 9 atom stereocenters. The number of rotatable bonds is 5. The third-order valence-electron chi connectivity index (χ3n) is 11.0. The van der Waals surface area contributed by atoms with Gasteiger partial charge in [0, 0.05) is 0 Å². The molecule has 3 fully saturated rings. The Morgan fingerprint density at radius 1 is 1.10 bits per heavy atom. The fraction of sp³-hybridized carbons (Fsp3) is 0.862. The molecule has 0 radical (unpaired) electrons. The van der Waals surface area contributed by atoms with Gasteiger partial charge in [-0.2, -0.15) is 0 Å². The zero-order chi connectivity index (χ0) is 22.6. The molecule has 176 valence electrons. The molecular formula is C29H48O2. The predicted molar refractivity (Wildman–Crippen MR) is 130 cm³/mol. The molecule has 2 N–H and O–H groups in total. The molecule has 0 aromatic carbocycles. The number of fused-ring (bicyclic) bond motifs is 5. The lowest BCUT2D eigenvalue weighted by Gasteiger charge is -2.58. The van der Waals surface area contributed by atoms with Gasteiger partial charge in [0.1, 0.15) is 0 Å². The van der Waals surface area contributed by atoms with Crippen molar-refractivity contribution in [2.45, 2.75) is 111 Å². The molecule has 1 unspecified atom stereocenters. The lowest BCUT2D eigenvalue weighted by atomic mass is 9.47. The highest BCUT2D eigenvalue weighted by Crippen LogP contribution is 2.67. The van der Waals surface area contributed by atoms with Gasteiger partial charge in [-0.3, -0.25) is 0 Å². The second-order valence-corrected chi connectivity index (χ2v) is 12.6. The Kier molecular flexibility index (Phi) is 6.32. The molecule has 31 heavy (non-hydrogen) atoms. The number of hydrogen-bond acceptors (Lipinski definition) is 2. The average molecular weight is 429 g/mol. The Bertz CT molecular complexity index is 722. The topological polar surface area (TPSA) is 40.5 Å². The fourth-order valence-corrected chi connectivity index (χ4v) is 8.72. The highest BCUT2D eigenvalue weighted by molar-refractivity contribution is 5.25. The average Bonchev–Trinajstić information content (AvgIpc) is 3.09. The Morgan fingerprint density at radius 2 is 1.84 bits per heavy atom. The number of allylic oxidation sites excluding steroid dienone is 2. The lowest BCUT2D eigenvalue weighted by Crippen LogP contribution is -2.50. The maximum atomic E-state index is 11.0. The zero-order valence-corrected chi connectivity index (χ0v) is 21.0. The Labute approximate surface area is 191 Å². The Balaban J connectivity index is 1.53. The van der Waals surface area contributed by atoms with Crippen LogP contribution < -0.4 is 0 Å². The summed E-state index contributed by atoms with van der Waals surface area (Å²) in [5, 5.41) is 21.2. The van der Waals surface area contributed by atoms with Crippen molar-refractivity contribution in [2.75, 3.05) is 0 Å². The van der Waals surface area contributed by atoms with Gasteiger partial charge in [-0.1, -0.05) is 65.3 Å². The lowest BCUT2D eigenvalue weighted by molar-refractivity contribution is -0.0542. The predicted octanol–water partition coefficient (Wildman–Crippen LogP) is 6.92. The van der Waals surface area contributed by atoms with Gasteiger partial charge in [0.05, 0.1) is 11.7 Å². The maximum absolute atomic E-state index is 11.0. The van der Waals surface area contributed by atoms with Crippen molar-refractivity contribution in [3.63, 3.8) is 0 Å². The van der Waals surface area contributed by atoms with Crippen LogP contribution in [0.1, 0.15) is 99.3 Å². The second kappa shape index (κ2) is 8.32. The van der Waals surface area contributed by atoms with Crippen molar-refractivity contribution in [3.05, 3.63) is 23.8 Å². The first-order chi connectivity index (χ1) is 14.5. The van der Waals surface area contributed by atoms with Gasteiger partial charge in [-0.05, 0) is 104 Å². The smallest absolute Gasteiger partial charge is 0.0847 e. The van der Waals surface area contributed by atoms with Crippen LogP contribution in [0.15, 0.2) is 23.8 Å². The van der Waals surface area contributed by atoms with Crippen LogP contribution in [0.2, 0.25) is 0 Å². The molecule has 2 heteroatoms. The van der Waals surface area contributed by atoms with Gasteiger partial charge in [0.15, 0.2) is 0 Å². The molecule has 0 aliphatic heterocycles. The van der Waals surface area contributed by atoms with Gasteiger partial charge < -0.3 is 10.2 Å². The van der Waals surface area contributed by atoms with Gasteiger partial charge in [0.2, 0.25) is 0 Å². The minimum Gasteiger partial charge on any atom is -0.393 e. The molecule has 4 aliphatic rings. The van der Waals surface area contributed by atoms with E-state index in [1.165, 1.54) is 38.5 Å². The molecule has 0 bridgehead atoms. The van der Waals surface area contributed by atoms with Crippen LogP contribution in [-0.4, -0.2) is 21.9 Å². The second-order valence-electron chi connectivity index (χ2n) is 12.6. The summed E-state index contributed by atoms with van der Waals surface area (Å²) in [6, 6.07) is 0. The molecule has 0 amide bonds. The van der Waals surface area contributed by atoms with Crippen LogP contribution in [0, 0.1) is 46.3 Å². The zero-order valence-electron chi connectivity index (χ0n) is 21.0. The molecule has 3 saturated carbocycles. The summed E-state index contributed by atoms with van der Waals surface area (Å²) in [7, 11) is 0. The van der Waals surface area contributed by atoms with Crippen LogP contribution in [0.25, 0.3) is 0 Å². The van der Waals surface area contributed by atoms with E-state index in [0.29, 0.717) is 16.7 Å². The van der Waals surface area contributed by atoms with E-state index < -0.39 is 5.60 Å². The summed E-state index contributed by atoms with van der Waals surface area (Å²) in [4.78, 5) is 0. The minimum absolute atomic E-state index is 0.110. The third kappa shape index (κ3) is 3.78. The first kappa shape index (κ1) is 23.6. The first-order valence-corrected chi connectivity index (χ1v) is 13.3. The van der Waals surface area contributed by atoms with Crippen LogP contribution in [-0.2, 0) is 0 Å². The molecule has 2 nitrogen and oxygen atoms in total. The minimum atomic E-state index is -0.671. The molecule has 0 heterocycles. The van der Waals surface area contributed by atoms with Gasteiger partial charge in [0.25, 0.3) is 0 Å². The summed E-state index contributed by atoms with van der Waals surface area (Å²) in [6.07, 6.45) is 17.5.